The Bertz CT molecular complexity index is 2500. The predicted molar refractivity (Wildman–Crippen MR) is 202 cm³/mol. The molecule has 0 bridgehead atoms. The van der Waals surface area contributed by atoms with E-state index < -0.39 is 35.7 Å². The maximum absolute atomic E-state index is 14.3. The monoisotopic (exact) mass is 740 g/mol. The molecule has 7 rings (SSSR count). The minimum Gasteiger partial charge on any atom is -0.380 e. The molecule has 11 nitrogen and oxygen atoms in total. The molecule has 7 aromatic rings. The summed E-state index contributed by atoms with van der Waals surface area (Å²) in [6.07, 6.45) is 1.46. The zero-order valence-electron chi connectivity index (χ0n) is 27.8. The van der Waals surface area contributed by atoms with Crippen molar-refractivity contribution in [2.24, 2.45) is 0 Å². The standard InChI is InChI=1S/C40H29ClN6O5S/c41-33-17-15-29(53-33)23-44-34-22-31(45-47(34)40(52)28-14-7-13-27(21-28)38(51)37(50)26-11-5-2-6-12-26)36-30(25-9-3-1-4-10-25)16-18-35(49)46(36)24-32(48)39-42-19-8-20-43-39/h1-22,37,44,50H,23-24H2. The number of aliphatic hydroxyl groups is 1. The van der Waals surface area contributed by atoms with Crippen LogP contribution in [0.15, 0.2) is 139 Å². The van der Waals surface area contributed by atoms with Gasteiger partial charge in [-0.25, -0.2) is 9.97 Å². The van der Waals surface area contributed by atoms with Gasteiger partial charge >= 0.3 is 0 Å². The summed E-state index contributed by atoms with van der Waals surface area (Å²) in [5.41, 5.74) is 2.04. The summed E-state index contributed by atoms with van der Waals surface area (Å²) in [4.78, 5) is 63.7. The van der Waals surface area contributed by atoms with Gasteiger partial charge in [0.05, 0.1) is 23.1 Å². The summed E-state index contributed by atoms with van der Waals surface area (Å²) in [5.74, 6) is -1.45. The van der Waals surface area contributed by atoms with Crippen molar-refractivity contribution < 1.29 is 19.5 Å². The quantitative estimate of drug-likeness (QED) is 0.127. The van der Waals surface area contributed by atoms with E-state index in [1.54, 1.807) is 66.7 Å². The second-order valence-corrected chi connectivity index (χ2v) is 13.6. The summed E-state index contributed by atoms with van der Waals surface area (Å²) >= 11 is 7.56. The van der Waals surface area contributed by atoms with Gasteiger partial charge in [0, 0.05) is 46.1 Å². The van der Waals surface area contributed by atoms with Gasteiger partial charge in [-0.2, -0.15) is 9.78 Å². The molecule has 0 saturated carbocycles. The molecule has 0 aliphatic carbocycles. The van der Waals surface area contributed by atoms with Gasteiger partial charge in [-0.3, -0.25) is 23.7 Å². The number of benzene rings is 3. The highest BCUT2D eigenvalue weighted by atomic mass is 35.5. The van der Waals surface area contributed by atoms with E-state index in [9.17, 15) is 24.3 Å². The number of aromatic nitrogens is 5. The number of nitrogens with zero attached hydrogens (tertiary/aromatic N) is 5. The predicted octanol–water partition coefficient (Wildman–Crippen LogP) is 6.98. The smallest absolute Gasteiger partial charge is 0.280 e. The number of rotatable bonds is 12. The number of pyridine rings is 1. The minimum atomic E-state index is -1.43. The Kier molecular flexibility index (Phi) is 10.3. The van der Waals surface area contributed by atoms with Crippen LogP contribution in [-0.2, 0) is 13.1 Å². The summed E-state index contributed by atoms with van der Waals surface area (Å²) in [7, 11) is 0. The van der Waals surface area contributed by atoms with Crippen molar-refractivity contribution >= 4 is 46.2 Å². The molecular formula is C40H29ClN6O5S. The van der Waals surface area contributed by atoms with Crippen molar-refractivity contribution in [3.8, 4) is 22.5 Å². The van der Waals surface area contributed by atoms with Crippen LogP contribution in [0.1, 0.15) is 47.9 Å². The van der Waals surface area contributed by atoms with E-state index in [0.29, 0.717) is 15.5 Å². The van der Waals surface area contributed by atoms with Gasteiger partial charge in [0.15, 0.2) is 11.6 Å². The average molecular weight is 741 g/mol. The van der Waals surface area contributed by atoms with E-state index in [1.165, 1.54) is 46.5 Å². The van der Waals surface area contributed by atoms with Gasteiger partial charge in [-0.15, -0.1) is 11.3 Å². The third-order valence-electron chi connectivity index (χ3n) is 8.36. The molecule has 3 aromatic carbocycles. The molecule has 0 saturated heterocycles. The number of hydrogen-bond acceptors (Lipinski definition) is 10. The van der Waals surface area contributed by atoms with E-state index in [1.807, 2.05) is 36.4 Å². The van der Waals surface area contributed by atoms with Crippen LogP contribution in [0.5, 0.6) is 0 Å². The number of carbonyl (C=O) groups excluding carboxylic acids is 3. The minimum absolute atomic E-state index is 0.0556. The molecule has 1 unspecified atom stereocenters. The summed E-state index contributed by atoms with van der Waals surface area (Å²) < 4.78 is 3.05. The lowest BCUT2D eigenvalue weighted by Gasteiger charge is -2.15. The normalized spacial score (nSPS) is 11.6. The fourth-order valence-electron chi connectivity index (χ4n) is 5.79. The number of hydrogen-bond donors (Lipinski definition) is 2. The lowest BCUT2D eigenvalue weighted by Crippen LogP contribution is -2.26. The molecule has 0 aliphatic rings. The Morgan fingerprint density at radius 2 is 1.53 bits per heavy atom. The molecule has 262 valence electrons. The second kappa shape index (κ2) is 15.5. The Morgan fingerprint density at radius 3 is 2.25 bits per heavy atom. The molecule has 0 radical (unpaired) electrons. The lowest BCUT2D eigenvalue weighted by atomic mass is 9.98. The highest BCUT2D eigenvalue weighted by Gasteiger charge is 2.25. The Labute approximate surface area is 311 Å². The molecule has 2 N–H and O–H groups in total. The van der Waals surface area contributed by atoms with Crippen molar-refractivity contribution in [1.82, 2.24) is 24.3 Å². The van der Waals surface area contributed by atoms with Gasteiger partial charge < -0.3 is 10.4 Å². The number of halogens is 1. The number of Topliss-reactive ketones (excluding diaryl/α,β-unsaturated/α-hetero) is 2. The van der Waals surface area contributed by atoms with Crippen LogP contribution in [0.2, 0.25) is 4.34 Å². The Morgan fingerprint density at radius 1 is 0.811 bits per heavy atom. The fraction of sp³-hybridized carbons (Fsp3) is 0.0750. The largest absolute Gasteiger partial charge is 0.380 e. The van der Waals surface area contributed by atoms with Crippen molar-refractivity contribution in [3.05, 3.63) is 176 Å². The van der Waals surface area contributed by atoms with Crippen molar-refractivity contribution in [2.45, 2.75) is 19.2 Å². The topological polar surface area (TPSA) is 149 Å². The number of ketones is 2. The highest BCUT2D eigenvalue weighted by molar-refractivity contribution is 7.16. The van der Waals surface area contributed by atoms with Gasteiger partial charge in [0.2, 0.25) is 5.78 Å². The van der Waals surface area contributed by atoms with Crippen LogP contribution >= 0.6 is 22.9 Å². The molecule has 4 aromatic heterocycles. The number of thiophene rings is 1. The molecule has 53 heavy (non-hydrogen) atoms. The van der Waals surface area contributed by atoms with E-state index >= 15 is 0 Å². The first-order valence-electron chi connectivity index (χ1n) is 16.4. The van der Waals surface area contributed by atoms with E-state index in [2.05, 4.69) is 15.3 Å². The molecule has 1 atom stereocenters. The van der Waals surface area contributed by atoms with Crippen LogP contribution < -0.4 is 10.9 Å². The maximum Gasteiger partial charge on any atom is 0.280 e. The zero-order valence-corrected chi connectivity index (χ0v) is 29.4. The van der Waals surface area contributed by atoms with Crippen molar-refractivity contribution in [2.75, 3.05) is 5.32 Å². The molecule has 4 heterocycles. The third kappa shape index (κ3) is 7.65. The summed E-state index contributed by atoms with van der Waals surface area (Å²) in [5, 5.41) is 18.8. The van der Waals surface area contributed by atoms with Gasteiger partial charge in [0.1, 0.15) is 17.6 Å². The molecule has 13 heteroatoms. The summed E-state index contributed by atoms with van der Waals surface area (Å²) in [6, 6.07) is 33.7. The fourth-order valence-corrected chi connectivity index (χ4v) is 6.82. The summed E-state index contributed by atoms with van der Waals surface area (Å²) in [6.45, 7) is -0.113. The SMILES string of the molecule is O=C(Cn1c(-c2cc(NCc3ccc(Cl)s3)n(C(=O)c3cccc(C(=O)C(O)c4ccccc4)c3)n2)c(-c2ccccc2)ccc1=O)c1ncccn1. The zero-order chi connectivity index (χ0) is 36.9. The molecule has 0 amide bonds. The van der Waals surface area contributed by atoms with Crippen LogP contribution in [-0.4, -0.2) is 46.9 Å². The van der Waals surface area contributed by atoms with E-state index in [4.69, 9.17) is 16.7 Å². The Balaban J connectivity index is 1.34. The van der Waals surface area contributed by atoms with Gasteiger partial charge in [-0.05, 0) is 47.5 Å². The van der Waals surface area contributed by atoms with Crippen LogP contribution in [0, 0.1) is 0 Å². The first-order chi connectivity index (χ1) is 25.8. The highest BCUT2D eigenvalue weighted by Crippen LogP contribution is 2.33. The van der Waals surface area contributed by atoms with Gasteiger partial charge in [0.25, 0.3) is 11.5 Å². The average Bonchev–Trinajstić information content (AvgIpc) is 3.83. The maximum atomic E-state index is 14.3. The van der Waals surface area contributed by atoms with Crippen LogP contribution in [0.4, 0.5) is 5.82 Å². The van der Waals surface area contributed by atoms with E-state index in [-0.39, 0.29) is 40.7 Å². The number of carbonyl (C=O) groups is 3. The lowest BCUT2D eigenvalue weighted by molar-refractivity contribution is 0.0747. The first-order valence-corrected chi connectivity index (χ1v) is 17.6. The van der Waals surface area contributed by atoms with Crippen molar-refractivity contribution in [1.29, 1.82) is 0 Å². The molecule has 0 fully saturated rings. The number of anilines is 1. The second-order valence-electron chi connectivity index (χ2n) is 11.8. The van der Waals surface area contributed by atoms with Crippen LogP contribution in [0.25, 0.3) is 22.5 Å². The molecule has 0 aliphatic heterocycles. The molecular weight excluding hydrogens is 712 g/mol. The number of aliphatic hydroxyl groups excluding tert-OH is 1. The molecule has 0 spiro atoms. The van der Waals surface area contributed by atoms with Gasteiger partial charge in [-0.1, -0.05) is 84.4 Å². The third-order valence-corrected chi connectivity index (χ3v) is 9.59. The first kappa shape index (κ1) is 35.1. The van der Waals surface area contributed by atoms with E-state index in [0.717, 1.165) is 15.1 Å². The number of nitrogens with one attached hydrogen (secondary N) is 1. The van der Waals surface area contributed by atoms with Crippen molar-refractivity contribution in [3.63, 3.8) is 0 Å². The van der Waals surface area contributed by atoms with Crippen LogP contribution in [0.3, 0.4) is 0 Å². The Hall–Kier alpha value is -6.34.